The van der Waals surface area contributed by atoms with Gasteiger partial charge in [0.15, 0.2) is 11.6 Å². The zero-order chi connectivity index (χ0) is 19.6. The highest BCUT2D eigenvalue weighted by Gasteiger charge is 2.43. The summed E-state index contributed by atoms with van der Waals surface area (Å²) in [5.74, 6) is -2.74. The highest BCUT2D eigenvalue weighted by molar-refractivity contribution is 5.98. The number of amides is 2. The van der Waals surface area contributed by atoms with Gasteiger partial charge in [0, 0.05) is 11.6 Å². The van der Waals surface area contributed by atoms with Crippen LogP contribution in [0.5, 0.6) is 5.75 Å². The molecule has 2 N–H and O–H groups in total. The van der Waals surface area contributed by atoms with Gasteiger partial charge in [0.05, 0.1) is 7.11 Å². The van der Waals surface area contributed by atoms with Gasteiger partial charge >= 0.3 is 5.97 Å². The van der Waals surface area contributed by atoms with E-state index in [1.807, 2.05) is 12.2 Å². The molecular weight excluding hydrogens is 355 g/mol. The summed E-state index contributed by atoms with van der Waals surface area (Å²) in [4.78, 5) is 38.3. The summed E-state index contributed by atoms with van der Waals surface area (Å²) in [5, 5.41) is 12.0. The summed E-state index contributed by atoms with van der Waals surface area (Å²) in [5.41, 5.74) is 0.0555. The van der Waals surface area contributed by atoms with E-state index in [1.165, 1.54) is 24.1 Å². The highest BCUT2D eigenvalue weighted by atomic mass is 19.1. The van der Waals surface area contributed by atoms with Crippen LogP contribution in [0.1, 0.15) is 36.0 Å². The third-order valence-corrected chi connectivity index (χ3v) is 5.01. The van der Waals surface area contributed by atoms with E-state index in [-0.39, 0.29) is 23.8 Å². The highest BCUT2D eigenvalue weighted by Crippen LogP contribution is 2.29. The first-order chi connectivity index (χ1) is 12.9. The van der Waals surface area contributed by atoms with Crippen LogP contribution in [0.4, 0.5) is 4.39 Å². The second kappa shape index (κ2) is 7.77. The molecule has 1 saturated heterocycles. The summed E-state index contributed by atoms with van der Waals surface area (Å²) >= 11 is 0. The number of halogens is 1. The van der Waals surface area contributed by atoms with E-state index in [2.05, 4.69) is 5.32 Å². The molecule has 0 saturated carbocycles. The van der Waals surface area contributed by atoms with Crippen LogP contribution in [-0.2, 0) is 9.59 Å². The van der Waals surface area contributed by atoms with Crippen LogP contribution >= 0.6 is 0 Å². The van der Waals surface area contributed by atoms with Crippen LogP contribution in [0.25, 0.3) is 0 Å². The lowest BCUT2D eigenvalue weighted by Gasteiger charge is -2.32. The van der Waals surface area contributed by atoms with Gasteiger partial charge in [-0.05, 0) is 43.9 Å². The Hall–Kier alpha value is -2.90. The molecule has 144 valence electrons. The molecule has 0 aliphatic carbocycles. The first-order valence-corrected chi connectivity index (χ1v) is 8.76. The van der Waals surface area contributed by atoms with Crippen LogP contribution in [0.3, 0.4) is 0 Å². The van der Waals surface area contributed by atoms with Crippen molar-refractivity contribution < 1.29 is 28.6 Å². The topological polar surface area (TPSA) is 95.9 Å². The minimum Gasteiger partial charge on any atom is -0.494 e. The number of nitrogens with one attached hydrogen (secondary N) is 1. The molecule has 2 heterocycles. The van der Waals surface area contributed by atoms with Crippen molar-refractivity contribution >= 4 is 17.8 Å². The molecule has 1 aromatic carbocycles. The van der Waals surface area contributed by atoms with Gasteiger partial charge < -0.3 is 20.1 Å². The van der Waals surface area contributed by atoms with E-state index < -0.39 is 35.7 Å². The minimum absolute atomic E-state index is 0.0146. The Bertz CT molecular complexity index is 794. The molecule has 0 radical (unpaired) electrons. The van der Waals surface area contributed by atoms with Gasteiger partial charge in [-0.15, -0.1) is 0 Å². The van der Waals surface area contributed by atoms with Gasteiger partial charge in [-0.2, -0.15) is 0 Å². The smallest absolute Gasteiger partial charge is 0.326 e. The molecular formula is C19H21FN2O5. The van der Waals surface area contributed by atoms with E-state index in [0.717, 1.165) is 6.07 Å². The number of carboxylic acids is 1. The SMILES string of the molecule is COc1ccc(C(=O)N[C@H]2C/C=C\C[C@@H]3CC[C@@H](C(=O)O)N3C2=O)cc1F. The molecule has 2 amide bonds. The van der Waals surface area contributed by atoms with Crippen LogP contribution < -0.4 is 10.1 Å². The molecule has 2 aliphatic heterocycles. The van der Waals surface area contributed by atoms with E-state index in [1.54, 1.807) is 0 Å². The van der Waals surface area contributed by atoms with Gasteiger partial charge in [-0.1, -0.05) is 12.2 Å². The van der Waals surface area contributed by atoms with Crippen molar-refractivity contribution in [2.24, 2.45) is 0 Å². The largest absolute Gasteiger partial charge is 0.494 e. The predicted molar refractivity (Wildman–Crippen MR) is 93.9 cm³/mol. The van der Waals surface area contributed by atoms with Crippen molar-refractivity contribution in [2.45, 2.75) is 43.8 Å². The first-order valence-electron chi connectivity index (χ1n) is 8.76. The number of carboxylic acid groups (broad SMARTS) is 1. The van der Waals surface area contributed by atoms with Gasteiger partial charge in [0.2, 0.25) is 5.91 Å². The third kappa shape index (κ3) is 3.79. The number of nitrogens with zero attached hydrogens (tertiary/aromatic N) is 1. The Labute approximate surface area is 155 Å². The summed E-state index contributed by atoms with van der Waals surface area (Å²) < 4.78 is 18.7. The maximum absolute atomic E-state index is 13.8. The van der Waals surface area contributed by atoms with Crippen LogP contribution in [-0.4, -0.2) is 53.0 Å². The molecule has 27 heavy (non-hydrogen) atoms. The van der Waals surface area contributed by atoms with Crippen LogP contribution in [0, 0.1) is 5.82 Å². The first kappa shape index (κ1) is 18.9. The van der Waals surface area contributed by atoms with Gasteiger partial charge in [-0.25, -0.2) is 9.18 Å². The van der Waals surface area contributed by atoms with Gasteiger partial charge in [0.1, 0.15) is 12.1 Å². The Balaban J connectivity index is 1.80. The second-order valence-electron chi connectivity index (χ2n) is 6.65. The zero-order valence-corrected chi connectivity index (χ0v) is 14.9. The van der Waals surface area contributed by atoms with Crippen LogP contribution in [0.2, 0.25) is 0 Å². The van der Waals surface area contributed by atoms with Crippen LogP contribution in [0.15, 0.2) is 30.4 Å². The second-order valence-corrected chi connectivity index (χ2v) is 6.65. The molecule has 0 unspecified atom stereocenters. The maximum atomic E-state index is 13.8. The number of carbonyl (C=O) groups is 3. The Morgan fingerprint density at radius 2 is 2.00 bits per heavy atom. The number of fused-ring (bicyclic) bond motifs is 1. The number of carbonyl (C=O) groups excluding carboxylic acids is 2. The van der Waals surface area contributed by atoms with E-state index in [4.69, 9.17) is 4.74 Å². The Morgan fingerprint density at radius 1 is 1.26 bits per heavy atom. The quantitative estimate of drug-likeness (QED) is 0.780. The lowest BCUT2D eigenvalue weighted by Crippen LogP contribution is -2.54. The fourth-order valence-electron chi connectivity index (χ4n) is 3.63. The van der Waals surface area contributed by atoms with Crippen molar-refractivity contribution in [1.29, 1.82) is 0 Å². The number of hydrogen-bond acceptors (Lipinski definition) is 4. The molecule has 7 nitrogen and oxygen atoms in total. The summed E-state index contributed by atoms with van der Waals surface area (Å²) in [6, 6.07) is 1.80. The Morgan fingerprint density at radius 3 is 2.67 bits per heavy atom. The summed E-state index contributed by atoms with van der Waals surface area (Å²) in [6.07, 6.45) is 5.56. The standard InChI is InChI=1S/C19H21FN2O5/c1-27-16-9-6-11(10-13(16)20)17(23)21-14-5-3-2-4-12-7-8-15(19(25)26)22(12)18(14)24/h2-3,6,9-10,12,14-15H,4-5,7-8H2,1H3,(H,21,23)(H,25,26)/b3-2-/t12-,14+,15+/m1/s1. The van der Waals surface area contributed by atoms with Crippen molar-refractivity contribution in [1.82, 2.24) is 10.2 Å². The number of methoxy groups -OCH3 is 1. The van der Waals surface area contributed by atoms with Crippen molar-refractivity contribution in [3.8, 4) is 5.75 Å². The average molecular weight is 376 g/mol. The van der Waals surface area contributed by atoms with Gasteiger partial charge in [0.25, 0.3) is 5.91 Å². The predicted octanol–water partition coefficient (Wildman–Crippen LogP) is 1.73. The van der Waals surface area contributed by atoms with Gasteiger partial charge in [-0.3, -0.25) is 9.59 Å². The molecule has 0 spiro atoms. The maximum Gasteiger partial charge on any atom is 0.326 e. The normalized spacial score (nSPS) is 25.9. The minimum atomic E-state index is -1.04. The molecule has 2 aliphatic rings. The summed E-state index contributed by atoms with van der Waals surface area (Å²) in [7, 11) is 1.32. The molecule has 8 heteroatoms. The molecule has 0 bridgehead atoms. The third-order valence-electron chi connectivity index (χ3n) is 5.01. The molecule has 1 fully saturated rings. The monoisotopic (exact) mass is 376 g/mol. The van der Waals surface area contributed by atoms with Crippen molar-refractivity contribution in [3.05, 3.63) is 41.7 Å². The van der Waals surface area contributed by atoms with E-state index in [0.29, 0.717) is 19.3 Å². The average Bonchev–Trinajstić information content (AvgIpc) is 3.05. The number of benzene rings is 1. The fourth-order valence-corrected chi connectivity index (χ4v) is 3.63. The molecule has 3 rings (SSSR count). The molecule has 1 aromatic rings. The van der Waals surface area contributed by atoms with Crippen molar-refractivity contribution in [3.63, 3.8) is 0 Å². The number of rotatable bonds is 4. The van der Waals surface area contributed by atoms with E-state index in [9.17, 15) is 23.9 Å². The lowest BCUT2D eigenvalue weighted by molar-refractivity contribution is -0.150. The Kier molecular flexibility index (Phi) is 5.43. The number of hydrogen-bond donors (Lipinski definition) is 2. The fraction of sp³-hybridized carbons (Fsp3) is 0.421. The molecule has 0 aromatic heterocycles. The zero-order valence-electron chi connectivity index (χ0n) is 14.9. The molecule has 3 atom stereocenters. The van der Waals surface area contributed by atoms with Crippen molar-refractivity contribution in [2.75, 3.05) is 7.11 Å². The summed E-state index contributed by atoms with van der Waals surface area (Å²) in [6.45, 7) is 0. The number of ether oxygens (including phenoxy) is 1. The lowest BCUT2D eigenvalue weighted by atomic mass is 10.0. The van der Waals surface area contributed by atoms with E-state index >= 15 is 0 Å². The number of aliphatic carboxylic acids is 1.